The predicted molar refractivity (Wildman–Crippen MR) is 123 cm³/mol. The van der Waals surface area contributed by atoms with Crippen molar-refractivity contribution in [1.82, 2.24) is 15.1 Å². The Morgan fingerprint density at radius 2 is 1.91 bits per heavy atom. The lowest BCUT2D eigenvalue weighted by molar-refractivity contribution is -0.126. The van der Waals surface area contributed by atoms with Crippen LogP contribution in [-0.2, 0) is 22.6 Å². The minimum absolute atomic E-state index is 0.0336. The van der Waals surface area contributed by atoms with Crippen molar-refractivity contribution in [3.63, 3.8) is 0 Å². The number of rotatable bonds is 6. The maximum absolute atomic E-state index is 14.1. The molecule has 1 aliphatic heterocycles. The van der Waals surface area contributed by atoms with Crippen LogP contribution in [0.25, 0.3) is 0 Å². The summed E-state index contributed by atoms with van der Waals surface area (Å²) in [4.78, 5) is 40.5. The van der Waals surface area contributed by atoms with E-state index in [2.05, 4.69) is 10.4 Å². The summed E-state index contributed by atoms with van der Waals surface area (Å²) in [5, 5.41) is 7.10. The molecule has 0 spiro atoms. The van der Waals surface area contributed by atoms with E-state index in [0.717, 1.165) is 11.1 Å². The summed E-state index contributed by atoms with van der Waals surface area (Å²) in [5.41, 5.74) is 0.848. The van der Waals surface area contributed by atoms with Crippen LogP contribution in [0.5, 0.6) is 0 Å². The van der Waals surface area contributed by atoms with Gasteiger partial charge in [-0.25, -0.2) is 9.18 Å². The highest BCUT2D eigenvalue weighted by Crippen LogP contribution is 2.33. The molecule has 1 atom stereocenters. The monoisotopic (exact) mass is 464 g/mol. The highest BCUT2D eigenvalue weighted by molar-refractivity contribution is 6.12. The summed E-state index contributed by atoms with van der Waals surface area (Å²) < 4.78 is 20.4. The maximum atomic E-state index is 14.1. The van der Waals surface area contributed by atoms with Crippen LogP contribution in [0.4, 0.5) is 10.1 Å². The zero-order chi connectivity index (χ0) is 24.5. The van der Waals surface area contributed by atoms with Gasteiger partial charge in [-0.2, -0.15) is 5.10 Å². The molecule has 176 valence electrons. The number of ether oxygens (including phenoxy) is 1. The molecule has 1 N–H and O–H groups in total. The molecule has 34 heavy (non-hydrogen) atoms. The number of halogens is 1. The number of benzene rings is 2. The van der Waals surface area contributed by atoms with E-state index in [1.165, 1.54) is 33.8 Å². The molecule has 9 heteroatoms. The average molecular weight is 464 g/mol. The molecule has 0 fully saturated rings. The molecule has 0 saturated heterocycles. The Bertz CT molecular complexity index is 1250. The molecular weight excluding hydrogens is 439 g/mol. The average Bonchev–Trinajstić information content (AvgIpc) is 3.23. The van der Waals surface area contributed by atoms with Crippen molar-refractivity contribution in [2.45, 2.75) is 39.4 Å². The van der Waals surface area contributed by atoms with E-state index in [1.54, 1.807) is 19.9 Å². The number of carbonyl (C=O) groups is 3. The van der Waals surface area contributed by atoms with Crippen molar-refractivity contribution in [2.75, 3.05) is 11.5 Å². The lowest BCUT2D eigenvalue weighted by Gasteiger charge is -2.43. The lowest BCUT2D eigenvalue weighted by atomic mass is 9.93. The summed E-state index contributed by atoms with van der Waals surface area (Å²) >= 11 is 0. The van der Waals surface area contributed by atoms with Gasteiger partial charge in [0.05, 0.1) is 13.2 Å². The Labute approximate surface area is 196 Å². The van der Waals surface area contributed by atoms with Crippen molar-refractivity contribution >= 4 is 23.5 Å². The third-order valence-corrected chi connectivity index (χ3v) is 5.77. The van der Waals surface area contributed by atoms with Gasteiger partial charge in [0.1, 0.15) is 17.1 Å². The predicted octanol–water partition coefficient (Wildman–Crippen LogP) is 3.24. The van der Waals surface area contributed by atoms with Crippen LogP contribution in [-0.4, -0.2) is 39.7 Å². The van der Waals surface area contributed by atoms with E-state index in [1.807, 2.05) is 31.2 Å². The molecule has 0 radical (unpaired) electrons. The number of aromatic nitrogens is 2. The zero-order valence-corrected chi connectivity index (χ0v) is 19.2. The van der Waals surface area contributed by atoms with Crippen LogP contribution in [0.1, 0.15) is 46.0 Å². The van der Waals surface area contributed by atoms with Crippen molar-refractivity contribution in [3.8, 4) is 0 Å². The van der Waals surface area contributed by atoms with E-state index in [-0.39, 0.29) is 36.8 Å². The number of hydrogen-bond donors (Lipinski definition) is 1. The molecule has 1 aliphatic rings. The summed E-state index contributed by atoms with van der Waals surface area (Å²) in [6.07, 6.45) is 0. The fraction of sp³-hybridized carbons (Fsp3) is 0.280. The van der Waals surface area contributed by atoms with E-state index in [0.29, 0.717) is 0 Å². The third kappa shape index (κ3) is 4.28. The van der Waals surface area contributed by atoms with Gasteiger partial charge < -0.3 is 10.1 Å². The first-order chi connectivity index (χ1) is 16.2. The van der Waals surface area contributed by atoms with Gasteiger partial charge >= 0.3 is 5.97 Å². The van der Waals surface area contributed by atoms with E-state index < -0.39 is 29.1 Å². The van der Waals surface area contributed by atoms with Crippen molar-refractivity contribution in [1.29, 1.82) is 0 Å². The number of nitrogens with zero attached hydrogens (tertiary/aromatic N) is 3. The zero-order valence-electron chi connectivity index (χ0n) is 19.2. The Kier molecular flexibility index (Phi) is 6.19. The molecule has 2 amide bonds. The van der Waals surface area contributed by atoms with Gasteiger partial charge in [0.2, 0.25) is 5.91 Å². The van der Waals surface area contributed by atoms with Gasteiger partial charge in [0.15, 0.2) is 5.69 Å². The smallest absolute Gasteiger partial charge is 0.358 e. The Balaban J connectivity index is 1.71. The molecule has 4 rings (SSSR count). The van der Waals surface area contributed by atoms with Gasteiger partial charge in [-0.1, -0.05) is 35.9 Å². The first kappa shape index (κ1) is 23.2. The van der Waals surface area contributed by atoms with E-state index >= 15 is 0 Å². The largest absolute Gasteiger partial charge is 0.461 e. The Morgan fingerprint density at radius 1 is 1.18 bits per heavy atom. The van der Waals surface area contributed by atoms with Crippen LogP contribution in [0, 0.1) is 12.7 Å². The lowest BCUT2D eigenvalue weighted by Crippen LogP contribution is -2.64. The molecule has 8 nitrogen and oxygen atoms in total. The van der Waals surface area contributed by atoms with Crippen molar-refractivity contribution in [3.05, 3.63) is 82.9 Å². The second-order valence-electron chi connectivity index (χ2n) is 8.36. The quantitative estimate of drug-likeness (QED) is 0.566. The van der Waals surface area contributed by atoms with Gasteiger partial charge in [-0.3, -0.25) is 19.2 Å². The highest BCUT2D eigenvalue weighted by Gasteiger charge is 2.49. The normalized spacial score (nSPS) is 17.3. The van der Waals surface area contributed by atoms with Crippen LogP contribution >= 0.6 is 0 Å². The van der Waals surface area contributed by atoms with E-state index in [9.17, 15) is 18.8 Å². The van der Waals surface area contributed by atoms with Crippen molar-refractivity contribution in [2.24, 2.45) is 0 Å². The SMILES string of the molecule is CCOC(=O)c1cc2n(n1)C[C@@](C)(C(=O)NCc1ccc(C)cc1)N(c1cccc(F)c1)C2=O. The molecule has 2 heterocycles. The fourth-order valence-electron chi connectivity index (χ4n) is 3.98. The standard InChI is InChI=1S/C25H25FN4O4/c1-4-34-23(32)20-13-21-22(31)30(19-7-5-6-18(26)12-19)25(3,15-29(21)28-20)24(33)27-14-17-10-8-16(2)9-11-17/h5-13H,4,14-15H2,1-3H3,(H,27,33)/t25-/m0/s1. The minimum Gasteiger partial charge on any atom is -0.461 e. The number of nitrogens with one attached hydrogen (secondary N) is 1. The number of hydrogen-bond acceptors (Lipinski definition) is 5. The highest BCUT2D eigenvalue weighted by atomic mass is 19.1. The van der Waals surface area contributed by atoms with Crippen LogP contribution < -0.4 is 10.2 Å². The number of carbonyl (C=O) groups excluding carboxylic acids is 3. The molecular formula is C25H25FN4O4. The molecule has 1 aromatic heterocycles. The number of fused-ring (bicyclic) bond motifs is 1. The Hall–Kier alpha value is -4.01. The molecule has 0 aliphatic carbocycles. The third-order valence-electron chi connectivity index (χ3n) is 5.77. The van der Waals surface area contributed by atoms with Crippen LogP contribution in [0.15, 0.2) is 54.6 Å². The number of aryl methyl sites for hydroxylation is 1. The first-order valence-electron chi connectivity index (χ1n) is 10.9. The van der Waals surface area contributed by atoms with Crippen molar-refractivity contribution < 1.29 is 23.5 Å². The minimum atomic E-state index is -1.44. The maximum Gasteiger partial charge on any atom is 0.358 e. The summed E-state index contributed by atoms with van der Waals surface area (Å²) in [6.45, 7) is 5.60. The van der Waals surface area contributed by atoms with Crippen LogP contribution in [0.3, 0.4) is 0 Å². The summed E-state index contributed by atoms with van der Waals surface area (Å²) in [5.74, 6) is -2.23. The number of anilines is 1. The molecule has 0 saturated carbocycles. The molecule has 0 bridgehead atoms. The van der Waals surface area contributed by atoms with Gasteiger partial charge in [0, 0.05) is 18.3 Å². The second kappa shape index (κ2) is 9.09. The summed E-state index contributed by atoms with van der Waals surface area (Å²) in [7, 11) is 0. The Morgan fingerprint density at radius 3 is 2.59 bits per heavy atom. The van der Waals surface area contributed by atoms with E-state index in [4.69, 9.17) is 4.74 Å². The van der Waals surface area contributed by atoms with Gasteiger partial charge in [-0.15, -0.1) is 0 Å². The fourth-order valence-corrected chi connectivity index (χ4v) is 3.98. The molecule has 2 aromatic carbocycles. The molecule has 3 aromatic rings. The molecule has 0 unspecified atom stereocenters. The number of esters is 1. The van der Waals surface area contributed by atoms with Gasteiger partial charge in [0.25, 0.3) is 5.91 Å². The van der Waals surface area contributed by atoms with Crippen LogP contribution in [0.2, 0.25) is 0 Å². The summed E-state index contributed by atoms with van der Waals surface area (Å²) in [6, 6.07) is 14.5. The topological polar surface area (TPSA) is 93.5 Å². The van der Waals surface area contributed by atoms with Gasteiger partial charge in [-0.05, 0) is 44.5 Å². The first-order valence-corrected chi connectivity index (χ1v) is 10.9. The number of amides is 2. The second-order valence-corrected chi connectivity index (χ2v) is 8.36.